The molecule has 4 heteroatoms. The Morgan fingerprint density at radius 3 is 2.00 bits per heavy atom. The van der Waals surface area contributed by atoms with Crippen LogP contribution < -0.4 is 0 Å². The molecule has 8 heavy (non-hydrogen) atoms. The maximum Gasteiger partial charge on any atom is 0.0876 e. The molecule has 0 aliphatic rings. The molecule has 0 saturated carbocycles. The van der Waals surface area contributed by atoms with E-state index in [1.165, 1.54) is 0 Å². The lowest BCUT2D eigenvalue weighted by Crippen LogP contribution is -1.79. The highest BCUT2D eigenvalue weighted by Crippen LogP contribution is 1.85. The number of unbranched alkanes of at least 4 members (excludes halogenated alkanes) is 1. The molecular formula is C4H11FI2O. The maximum absolute atomic E-state index is 10.7. The summed E-state index contributed by atoms with van der Waals surface area (Å²) in [4.78, 5) is 3.28. The second-order valence-electron chi connectivity index (χ2n) is 1.17. The molecule has 0 aromatic rings. The molecule has 0 rings (SSSR count). The molecule has 0 spiro atoms. The largest absolute Gasteiger partial charge is 0.194 e. The van der Waals surface area contributed by atoms with E-state index in [0.29, 0.717) is 0 Å². The summed E-state index contributed by atoms with van der Waals surface area (Å²) in [7, 11) is 0. The first kappa shape index (κ1) is 16.2. The van der Waals surface area contributed by atoms with Gasteiger partial charge in [0.05, 0.1) is 6.61 Å². The van der Waals surface area contributed by atoms with Gasteiger partial charge in [-0.3, -0.25) is 0 Å². The monoisotopic (exact) mass is 348 g/mol. The van der Waals surface area contributed by atoms with Gasteiger partial charge in [0.2, 0.25) is 0 Å². The minimum Gasteiger partial charge on any atom is -0.194 e. The van der Waals surface area contributed by atoms with E-state index in [1.54, 1.807) is 0 Å². The van der Waals surface area contributed by atoms with Gasteiger partial charge in [0.25, 0.3) is 0 Å². The van der Waals surface area contributed by atoms with Gasteiger partial charge in [-0.05, 0) is 10.9 Å². The van der Waals surface area contributed by atoms with E-state index in [2.05, 4.69) is 4.94 Å². The predicted molar refractivity (Wildman–Crippen MR) is 52.8 cm³/mol. The lowest BCUT2D eigenvalue weighted by molar-refractivity contribution is -0.132. The molecule has 0 unspecified atom stereocenters. The first-order valence-corrected chi connectivity index (χ1v) is 2.15. The van der Waals surface area contributed by atoms with Crippen molar-refractivity contribution >= 4 is 48.0 Å². The third kappa shape index (κ3) is 15.7. The summed E-state index contributed by atoms with van der Waals surface area (Å²) in [5.74, 6) is 0. The molecule has 0 fully saturated rings. The number of hydrogen-bond acceptors (Lipinski definition) is 1. The van der Waals surface area contributed by atoms with Crippen LogP contribution in [0, 0.1) is 0 Å². The van der Waals surface area contributed by atoms with Crippen LogP contribution in [0.5, 0.6) is 0 Å². The third-order valence-electron chi connectivity index (χ3n) is 0.575. The summed E-state index contributed by atoms with van der Waals surface area (Å²) in [6, 6.07) is 0. The summed E-state index contributed by atoms with van der Waals surface area (Å²) in [6.07, 6.45) is 1.81. The van der Waals surface area contributed by atoms with Gasteiger partial charge in [0, 0.05) is 0 Å². The smallest absolute Gasteiger partial charge is 0.0876 e. The van der Waals surface area contributed by atoms with Crippen LogP contribution in [0.25, 0.3) is 0 Å². The molecule has 1 nitrogen and oxygen atoms in total. The second-order valence-corrected chi connectivity index (χ2v) is 1.17. The Kier molecular flexibility index (Phi) is 31.8. The Hall–Kier alpha value is 1.35. The molecule has 54 valence electrons. The van der Waals surface area contributed by atoms with Gasteiger partial charge in [-0.25, -0.2) is 0 Å². The van der Waals surface area contributed by atoms with Crippen LogP contribution >= 0.6 is 48.0 Å². The SMILES string of the molecule is CCCCOF.I.I. The molecule has 0 bridgehead atoms. The highest BCUT2D eigenvalue weighted by Gasteiger charge is 1.78. The Morgan fingerprint density at radius 1 is 1.38 bits per heavy atom. The van der Waals surface area contributed by atoms with Gasteiger partial charge in [0.15, 0.2) is 0 Å². The Labute approximate surface area is 83.3 Å². The molecule has 0 aromatic heterocycles. The highest BCUT2D eigenvalue weighted by molar-refractivity contribution is 14.0. The molecule has 0 aliphatic carbocycles. The molecule has 0 amide bonds. The van der Waals surface area contributed by atoms with Crippen LogP contribution in [-0.2, 0) is 4.94 Å². The third-order valence-corrected chi connectivity index (χ3v) is 0.575. The van der Waals surface area contributed by atoms with Crippen LogP contribution in [0.4, 0.5) is 4.53 Å². The van der Waals surface area contributed by atoms with Crippen molar-refractivity contribution in [3.05, 3.63) is 0 Å². The van der Waals surface area contributed by atoms with E-state index in [1.807, 2.05) is 6.92 Å². The summed E-state index contributed by atoms with van der Waals surface area (Å²) >= 11 is 0. The van der Waals surface area contributed by atoms with Crippen LogP contribution in [0.3, 0.4) is 0 Å². The first-order valence-electron chi connectivity index (χ1n) is 2.15. The van der Waals surface area contributed by atoms with Gasteiger partial charge >= 0.3 is 0 Å². The van der Waals surface area contributed by atoms with E-state index >= 15 is 0 Å². The minimum atomic E-state index is 0. The average Bonchev–Trinajstić information content (AvgIpc) is 1.61. The van der Waals surface area contributed by atoms with E-state index in [9.17, 15) is 4.53 Å². The van der Waals surface area contributed by atoms with E-state index in [-0.39, 0.29) is 54.6 Å². The molecule has 0 aliphatic heterocycles. The Morgan fingerprint density at radius 2 is 1.88 bits per heavy atom. The fourth-order valence-electron chi connectivity index (χ4n) is 0.199. The molecule has 0 radical (unpaired) electrons. The zero-order chi connectivity index (χ0) is 4.83. The van der Waals surface area contributed by atoms with Crippen LogP contribution in [0.1, 0.15) is 19.8 Å². The number of halogens is 3. The fourth-order valence-corrected chi connectivity index (χ4v) is 0.199. The van der Waals surface area contributed by atoms with Crippen molar-refractivity contribution in [2.75, 3.05) is 6.61 Å². The van der Waals surface area contributed by atoms with Crippen molar-refractivity contribution in [3.8, 4) is 0 Å². The van der Waals surface area contributed by atoms with Crippen molar-refractivity contribution in [2.45, 2.75) is 19.8 Å². The molecule has 0 heterocycles. The highest BCUT2D eigenvalue weighted by atomic mass is 127. The van der Waals surface area contributed by atoms with Crippen molar-refractivity contribution in [1.29, 1.82) is 0 Å². The topological polar surface area (TPSA) is 9.23 Å². The second kappa shape index (κ2) is 15.8. The molecular weight excluding hydrogens is 337 g/mol. The van der Waals surface area contributed by atoms with Gasteiger partial charge in [-0.1, -0.05) is 13.3 Å². The van der Waals surface area contributed by atoms with Crippen molar-refractivity contribution in [2.24, 2.45) is 0 Å². The zero-order valence-corrected chi connectivity index (χ0v) is 9.38. The molecule has 0 saturated heterocycles. The van der Waals surface area contributed by atoms with E-state index in [0.717, 1.165) is 12.8 Å². The summed E-state index contributed by atoms with van der Waals surface area (Å²) in [6.45, 7) is 2.23. The molecule has 0 atom stereocenters. The normalized spacial score (nSPS) is 6.75. The maximum atomic E-state index is 10.7. The molecule has 0 aromatic carbocycles. The quantitative estimate of drug-likeness (QED) is 0.563. The lowest BCUT2D eigenvalue weighted by atomic mass is 10.4. The van der Waals surface area contributed by atoms with Gasteiger partial charge in [-0.2, -0.15) is 4.94 Å². The van der Waals surface area contributed by atoms with Gasteiger partial charge in [0.1, 0.15) is 0 Å². The summed E-state index contributed by atoms with van der Waals surface area (Å²) < 4.78 is 10.7. The minimum absolute atomic E-state index is 0. The molecule has 0 N–H and O–H groups in total. The van der Waals surface area contributed by atoms with E-state index < -0.39 is 0 Å². The Balaban J connectivity index is -0.000000125. The lowest BCUT2D eigenvalue weighted by Gasteiger charge is -1.84. The number of hydrogen-bond donors (Lipinski definition) is 0. The first-order chi connectivity index (χ1) is 2.91. The standard InChI is InChI=1S/C4H9FO.2HI/c1-2-3-4-6-5;;/h2-4H2,1H3;2*1H. The van der Waals surface area contributed by atoms with Crippen LogP contribution in [-0.4, -0.2) is 6.61 Å². The van der Waals surface area contributed by atoms with Crippen molar-refractivity contribution in [3.63, 3.8) is 0 Å². The van der Waals surface area contributed by atoms with Crippen LogP contribution in [0.2, 0.25) is 0 Å². The average molecular weight is 348 g/mol. The van der Waals surface area contributed by atoms with Gasteiger partial charge < -0.3 is 0 Å². The zero-order valence-electron chi connectivity index (χ0n) is 4.72. The van der Waals surface area contributed by atoms with Crippen LogP contribution in [0.15, 0.2) is 0 Å². The predicted octanol–water partition coefficient (Wildman–Crippen LogP) is 2.92. The Bertz CT molecular complexity index is 26.0. The van der Waals surface area contributed by atoms with Gasteiger partial charge in [-0.15, -0.1) is 48.0 Å². The van der Waals surface area contributed by atoms with Crippen molar-refractivity contribution in [1.82, 2.24) is 0 Å². The number of rotatable bonds is 3. The summed E-state index contributed by atoms with van der Waals surface area (Å²) in [5, 5.41) is 0. The van der Waals surface area contributed by atoms with E-state index in [4.69, 9.17) is 0 Å². The fraction of sp³-hybridized carbons (Fsp3) is 1.00. The summed E-state index contributed by atoms with van der Waals surface area (Å²) in [5.41, 5.74) is 0. The van der Waals surface area contributed by atoms with Crippen molar-refractivity contribution < 1.29 is 9.47 Å².